The van der Waals surface area contributed by atoms with Crippen LogP contribution in [0, 0.1) is 6.92 Å². The number of anilines is 1. The predicted octanol–water partition coefficient (Wildman–Crippen LogP) is 2.80. The van der Waals surface area contributed by atoms with E-state index in [9.17, 15) is 0 Å². The maximum absolute atomic E-state index is 5.58. The molecule has 0 amide bonds. The van der Waals surface area contributed by atoms with Gasteiger partial charge in [-0.2, -0.15) is 0 Å². The lowest BCUT2D eigenvalue weighted by atomic mass is 10.1. The Labute approximate surface area is 122 Å². The molecule has 0 fully saturated rings. The van der Waals surface area contributed by atoms with Gasteiger partial charge >= 0.3 is 0 Å². The molecule has 0 spiro atoms. The Morgan fingerprint density at radius 1 is 0.857 bits per heavy atom. The van der Waals surface area contributed by atoms with Gasteiger partial charge in [-0.3, -0.25) is 0 Å². The molecule has 1 aromatic heterocycles. The van der Waals surface area contributed by atoms with E-state index in [1.807, 2.05) is 61.5 Å². The number of aryl methyl sites for hydroxylation is 1. The van der Waals surface area contributed by atoms with Gasteiger partial charge in [-0.05, 0) is 6.92 Å². The maximum atomic E-state index is 5.58. The molecule has 3 rings (SSSR count). The molecule has 0 bridgehead atoms. The van der Waals surface area contributed by atoms with E-state index < -0.39 is 0 Å². The van der Waals surface area contributed by atoms with Crippen LogP contribution in [0.3, 0.4) is 0 Å². The lowest BCUT2D eigenvalue weighted by Gasteiger charge is -2.08. The minimum Gasteiger partial charge on any atom is -0.307 e. The minimum atomic E-state index is 0.507. The van der Waals surface area contributed by atoms with Crippen molar-refractivity contribution in [3.63, 3.8) is 0 Å². The fraction of sp³-hybridized carbons (Fsp3) is 0.0625. The second kappa shape index (κ2) is 5.68. The van der Waals surface area contributed by atoms with Crippen LogP contribution in [0.2, 0.25) is 0 Å². The van der Waals surface area contributed by atoms with Crippen molar-refractivity contribution in [3.8, 4) is 22.6 Å². The summed E-state index contributed by atoms with van der Waals surface area (Å²) >= 11 is 0. The number of rotatable bonds is 3. The van der Waals surface area contributed by atoms with Crippen molar-refractivity contribution in [2.45, 2.75) is 6.92 Å². The van der Waals surface area contributed by atoms with Gasteiger partial charge in [0.25, 0.3) is 0 Å². The van der Waals surface area contributed by atoms with Crippen LogP contribution in [0.4, 0.5) is 5.82 Å². The summed E-state index contributed by atoms with van der Waals surface area (Å²) in [7, 11) is 0. The number of nitrogen functional groups attached to an aromatic ring is 1. The molecule has 0 atom stereocenters. The molecule has 5 nitrogen and oxygen atoms in total. The summed E-state index contributed by atoms with van der Waals surface area (Å²) in [5.74, 6) is 6.63. The summed E-state index contributed by atoms with van der Waals surface area (Å²) in [4.78, 5) is 4.45. The van der Waals surface area contributed by atoms with Crippen LogP contribution in [0.1, 0.15) is 5.56 Å². The quantitative estimate of drug-likeness (QED) is 0.568. The third kappa shape index (κ3) is 2.73. The zero-order chi connectivity index (χ0) is 14.7. The van der Waals surface area contributed by atoms with Gasteiger partial charge < -0.3 is 5.43 Å². The van der Waals surface area contributed by atoms with Crippen molar-refractivity contribution >= 4 is 5.82 Å². The molecule has 21 heavy (non-hydrogen) atoms. The van der Waals surface area contributed by atoms with Crippen LogP contribution in [0.25, 0.3) is 22.6 Å². The first-order valence-corrected chi connectivity index (χ1v) is 6.62. The Hall–Kier alpha value is -2.79. The lowest BCUT2D eigenvalue weighted by molar-refractivity contribution is 0.983. The van der Waals surface area contributed by atoms with E-state index in [-0.39, 0.29) is 0 Å². The highest BCUT2D eigenvalue weighted by molar-refractivity contribution is 5.72. The van der Waals surface area contributed by atoms with Gasteiger partial charge in [-0.1, -0.05) is 60.2 Å². The molecule has 3 N–H and O–H groups in total. The van der Waals surface area contributed by atoms with Crippen molar-refractivity contribution in [1.82, 2.24) is 15.2 Å². The summed E-state index contributed by atoms with van der Waals surface area (Å²) < 4.78 is 0. The van der Waals surface area contributed by atoms with Crippen molar-refractivity contribution in [3.05, 3.63) is 60.2 Å². The number of hydrazine groups is 1. The van der Waals surface area contributed by atoms with E-state index in [2.05, 4.69) is 20.6 Å². The number of hydrogen-bond donors (Lipinski definition) is 2. The molecule has 0 saturated heterocycles. The van der Waals surface area contributed by atoms with Gasteiger partial charge in [0.2, 0.25) is 0 Å². The van der Waals surface area contributed by atoms with Gasteiger partial charge in [-0.25, -0.2) is 10.8 Å². The molecule has 104 valence electrons. The Morgan fingerprint density at radius 3 is 2.24 bits per heavy atom. The Balaban J connectivity index is 2.06. The Kier molecular flexibility index (Phi) is 3.57. The highest BCUT2D eigenvalue weighted by Gasteiger charge is 2.11. The Morgan fingerprint density at radius 2 is 1.57 bits per heavy atom. The number of aromatic nitrogens is 3. The summed E-state index contributed by atoms with van der Waals surface area (Å²) in [5, 5.41) is 8.47. The van der Waals surface area contributed by atoms with E-state index in [0.717, 1.165) is 11.1 Å². The highest BCUT2D eigenvalue weighted by Crippen LogP contribution is 2.25. The highest BCUT2D eigenvalue weighted by atomic mass is 15.3. The normalized spacial score (nSPS) is 10.4. The molecular formula is C16H15N5. The standard InChI is InChI=1S/C16H15N5/c1-11-7-9-12(10-8-11)14-16(19-17)18-15(21-20-14)13-5-3-2-4-6-13/h2-10H,17H2,1H3,(H,18,19,21). The van der Waals surface area contributed by atoms with Crippen LogP contribution >= 0.6 is 0 Å². The number of nitrogens with one attached hydrogen (secondary N) is 1. The molecule has 0 aliphatic heterocycles. The summed E-state index contributed by atoms with van der Waals surface area (Å²) in [6.45, 7) is 2.04. The van der Waals surface area contributed by atoms with Crippen molar-refractivity contribution < 1.29 is 0 Å². The van der Waals surface area contributed by atoms with E-state index in [0.29, 0.717) is 17.3 Å². The van der Waals surface area contributed by atoms with E-state index >= 15 is 0 Å². The third-order valence-electron chi connectivity index (χ3n) is 3.18. The largest absolute Gasteiger partial charge is 0.307 e. The number of nitrogens with two attached hydrogens (primary N) is 1. The zero-order valence-electron chi connectivity index (χ0n) is 11.6. The molecule has 2 aromatic carbocycles. The molecule has 0 aliphatic rings. The van der Waals surface area contributed by atoms with Crippen LogP contribution in [-0.4, -0.2) is 15.2 Å². The van der Waals surface area contributed by atoms with Gasteiger partial charge in [-0.15, -0.1) is 10.2 Å². The third-order valence-corrected chi connectivity index (χ3v) is 3.18. The van der Waals surface area contributed by atoms with Gasteiger partial charge in [0, 0.05) is 11.1 Å². The van der Waals surface area contributed by atoms with Gasteiger partial charge in [0.05, 0.1) is 0 Å². The van der Waals surface area contributed by atoms with Crippen molar-refractivity contribution in [2.24, 2.45) is 5.84 Å². The van der Waals surface area contributed by atoms with E-state index in [1.54, 1.807) is 0 Å². The smallest absolute Gasteiger partial charge is 0.183 e. The van der Waals surface area contributed by atoms with Crippen molar-refractivity contribution in [2.75, 3.05) is 5.43 Å². The monoisotopic (exact) mass is 277 g/mol. The van der Waals surface area contributed by atoms with Crippen LogP contribution in [0.15, 0.2) is 54.6 Å². The van der Waals surface area contributed by atoms with Gasteiger partial charge in [0.15, 0.2) is 11.6 Å². The maximum Gasteiger partial charge on any atom is 0.183 e. The molecular weight excluding hydrogens is 262 g/mol. The first-order valence-electron chi connectivity index (χ1n) is 6.62. The van der Waals surface area contributed by atoms with Crippen LogP contribution in [0.5, 0.6) is 0 Å². The summed E-state index contributed by atoms with van der Waals surface area (Å²) in [6, 6.07) is 17.7. The van der Waals surface area contributed by atoms with E-state index in [4.69, 9.17) is 5.84 Å². The van der Waals surface area contributed by atoms with E-state index in [1.165, 1.54) is 5.56 Å². The molecule has 0 aliphatic carbocycles. The summed E-state index contributed by atoms with van der Waals surface area (Å²) in [5.41, 5.74) is 6.25. The predicted molar refractivity (Wildman–Crippen MR) is 83.2 cm³/mol. The number of hydrogen-bond acceptors (Lipinski definition) is 5. The molecule has 0 saturated carbocycles. The van der Waals surface area contributed by atoms with Crippen LogP contribution in [-0.2, 0) is 0 Å². The second-order valence-electron chi connectivity index (χ2n) is 4.71. The summed E-state index contributed by atoms with van der Waals surface area (Å²) in [6.07, 6.45) is 0. The SMILES string of the molecule is Cc1ccc(-c2nnc(-c3ccccc3)nc2NN)cc1. The molecule has 1 heterocycles. The minimum absolute atomic E-state index is 0.507. The first-order chi connectivity index (χ1) is 10.3. The molecule has 0 radical (unpaired) electrons. The molecule has 3 aromatic rings. The average molecular weight is 277 g/mol. The Bertz CT molecular complexity index is 738. The lowest BCUT2D eigenvalue weighted by Crippen LogP contribution is -2.12. The topological polar surface area (TPSA) is 76.7 Å². The van der Waals surface area contributed by atoms with Gasteiger partial charge in [0.1, 0.15) is 5.69 Å². The molecule has 0 unspecified atom stereocenters. The average Bonchev–Trinajstić information content (AvgIpc) is 2.56. The zero-order valence-corrected chi connectivity index (χ0v) is 11.6. The van der Waals surface area contributed by atoms with Crippen molar-refractivity contribution in [1.29, 1.82) is 0 Å². The number of benzene rings is 2. The second-order valence-corrected chi connectivity index (χ2v) is 4.71. The molecule has 5 heteroatoms. The fourth-order valence-electron chi connectivity index (χ4n) is 2.04. The fourth-order valence-corrected chi connectivity index (χ4v) is 2.04. The van der Waals surface area contributed by atoms with Crippen LogP contribution < -0.4 is 11.3 Å². The first kappa shape index (κ1) is 13.2. The number of nitrogens with zero attached hydrogens (tertiary/aromatic N) is 3.